The van der Waals surface area contributed by atoms with Crippen LogP contribution in [0.5, 0.6) is 5.75 Å². The average Bonchev–Trinajstić information content (AvgIpc) is 2.79. The molecule has 0 bridgehead atoms. The first-order chi connectivity index (χ1) is 15.4. The van der Waals surface area contributed by atoms with E-state index in [4.69, 9.17) is 30.2 Å². The van der Waals surface area contributed by atoms with Gasteiger partial charge in [-0.2, -0.15) is 0 Å². The highest BCUT2D eigenvalue weighted by atomic mass is 35.5. The zero-order valence-electron chi connectivity index (χ0n) is 16.6. The Hall–Kier alpha value is -2.79. The number of hydrogen-bond acceptors (Lipinski definition) is 9. The van der Waals surface area contributed by atoms with Crippen molar-refractivity contribution in [1.82, 2.24) is 4.98 Å². The lowest BCUT2D eigenvalue weighted by Crippen LogP contribution is -2.59. The molecular formula is C22H18ClNO8. The van der Waals surface area contributed by atoms with Crippen LogP contribution >= 0.6 is 11.6 Å². The molecule has 10 heteroatoms. The second-order valence-electron chi connectivity index (χ2n) is 7.43. The summed E-state index contributed by atoms with van der Waals surface area (Å²) in [4.78, 5) is 17.0. The summed E-state index contributed by atoms with van der Waals surface area (Å²) in [6.07, 6.45) is -7.17. The third-order valence-electron chi connectivity index (χ3n) is 5.41. The molecular weight excluding hydrogens is 442 g/mol. The highest BCUT2D eigenvalue weighted by Crippen LogP contribution is 2.36. The van der Waals surface area contributed by atoms with Gasteiger partial charge in [0.1, 0.15) is 35.3 Å². The Morgan fingerprint density at radius 1 is 1.00 bits per heavy atom. The van der Waals surface area contributed by atoms with Crippen molar-refractivity contribution in [3.05, 3.63) is 57.7 Å². The maximum absolute atomic E-state index is 12.4. The van der Waals surface area contributed by atoms with E-state index >= 15 is 0 Å². The van der Waals surface area contributed by atoms with E-state index in [-0.39, 0.29) is 21.8 Å². The first-order valence-corrected chi connectivity index (χ1v) is 10.1. The maximum atomic E-state index is 12.4. The zero-order chi connectivity index (χ0) is 22.6. The van der Waals surface area contributed by atoms with Crippen molar-refractivity contribution >= 4 is 33.5 Å². The predicted molar refractivity (Wildman–Crippen MR) is 114 cm³/mol. The SMILES string of the molecule is CO[C@H]1O[C@@H](Oc2cc3oc4cc(=O)c5ccccc5c-4nc3cc2Cl)[C@H](O)[C@@H](O)[C@@H]1O. The molecule has 0 amide bonds. The van der Waals surface area contributed by atoms with Gasteiger partial charge in [-0.15, -0.1) is 0 Å². The quantitative estimate of drug-likeness (QED) is 0.310. The first kappa shape index (κ1) is 21.1. The fourth-order valence-corrected chi connectivity index (χ4v) is 3.96. The molecule has 0 radical (unpaired) electrons. The van der Waals surface area contributed by atoms with Crippen molar-refractivity contribution in [2.24, 2.45) is 0 Å². The van der Waals surface area contributed by atoms with Crippen LogP contribution in [0.3, 0.4) is 0 Å². The van der Waals surface area contributed by atoms with Gasteiger partial charge in [0, 0.05) is 30.0 Å². The van der Waals surface area contributed by atoms with E-state index in [9.17, 15) is 20.1 Å². The van der Waals surface area contributed by atoms with Crippen LogP contribution in [0.4, 0.5) is 0 Å². The molecule has 32 heavy (non-hydrogen) atoms. The van der Waals surface area contributed by atoms with E-state index in [0.29, 0.717) is 27.7 Å². The van der Waals surface area contributed by atoms with Crippen LogP contribution < -0.4 is 10.2 Å². The van der Waals surface area contributed by atoms with E-state index < -0.39 is 30.9 Å². The summed E-state index contributed by atoms with van der Waals surface area (Å²) in [5.41, 5.74) is 1.03. The molecule has 5 rings (SSSR count). The Morgan fingerprint density at radius 3 is 2.47 bits per heavy atom. The van der Waals surface area contributed by atoms with Crippen LogP contribution in [0.15, 0.2) is 51.7 Å². The summed E-state index contributed by atoms with van der Waals surface area (Å²) in [6.45, 7) is 0. The van der Waals surface area contributed by atoms with Gasteiger partial charge in [0.15, 0.2) is 23.1 Å². The highest BCUT2D eigenvalue weighted by Gasteiger charge is 2.45. The minimum Gasteiger partial charge on any atom is -0.460 e. The van der Waals surface area contributed by atoms with Gasteiger partial charge in [0.25, 0.3) is 0 Å². The molecule has 5 atom stereocenters. The topological polar surface area (TPSA) is 131 Å². The van der Waals surface area contributed by atoms with Crippen LogP contribution in [-0.4, -0.2) is 58.3 Å². The van der Waals surface area contributed by atoms with Gasteiger partial charge in [0.2, 0.25) is 6.29 Å². The van der Waals surface area contributed by atoms with Crippen molar-refractivity contribution in [2.75, 3.05) is 7.11 Å². The molecule has 0 aromatic heterocycles. The van der Waals surface area contributed by atoms with Crippen molar-refractivity contribution in [2.45, 2.75) is 30.9 Å². The smallest absolute Gasteiger partial charge is 0.231 e. The summed E-state index contributed by atoms with van der Waals surface area (Å²) < 4.78 is 21.9. The van der Waals surface area contributed by atoms with E-state index in [1.165, 1.54) is 25.3 Å². The Bertz CT molecular complexity index is 1340. The number of methoxy groups -OCH3 is 1. The molecule has 2 aromatic carbocycles. The number of benzene rings is 3. The number of rotatable bonds is 3. The van der Waals surface area contributed by atoms with Gasteiger partial charge in [-0.1, -0.05) is 35.9 Å². The van der Waals surface area contributed by atoms with E-state index in [0.717, 1.165) is 0 Å². The van der Waals surface area contributed by atoms with E-state index in [1.54, 1.807) is 18.2 Å². The molecule has 3 aliphatic rings. The number of aromatic nitrogens is 1. The maximum Gasteiger partial charge on any atom is 0.231 e. The molecule has 0 saturated carbocycles. The molecule has 166 valence electrons. The molecule has 9 nitrogen and oxygen atoms in total. The van der Waals surface area contributed by atoms with Crippen LogP contribution in [0.1, 0.15) is 0 Å². The number of ether oxygens (including phenoxy) is 3. The van der Waals surface area contributed by atoms with Gasteiger partial charge >= 0.3 is 0 Å². The number of fused-ring (bicyclic) bond motifs is 4. The summed E-state index contributed by atoms with van der Waals surface area (Å²) in [7, 11) is 1.28. The number of halogens is 1. The van der Waals surface area contributed by atoms with Crippen molar-refractivity contribution < 1.29 is 33.9 Å². The van der Waals surface area contributed by atoms with Crippen LogP contribution in [0.2, 0.25) is 5.02 Å². The second-order valence-corrected chi connectivity index (χ2v) is 7.84. The minimum atomic E-state index is -1.57. The molecule has 1 saturated heterocycles. The van der Waals surface area contributed by atoms with Crippen molar-refractivity contribution in [1.29, 1.82) is 0 Å². The van der Waals surface area contributed by atoms with Gasteiger partial charge in [-0.25, -0.2) is 4.98 Å². The van der Waals surface area contributed by atoms with Gasteiger partial charge < -0.3 is 33.9 Å². The summed E-state index contributed by atoms with van der Waals surface area (Å²) in [5, 5.41) is 31.5. The van der Waals surface area contributed by atoms with Gasteiger partial charge in [-0.05, 0) is 6.07 Å². The normalized spacial score (nSPS) is 26.1. The van der Waals surface area contributed by atoms with Crippen LogP contribution in [0.25, 0.3) is 33.3 Å². The van der Waals surface area contributed by atoms with Gasteiger partial charge in [-0.3, -0.25) is 4.79 Å². The largest absolute Gasteiger partial charge is 0.460 e. The average molecular weight is 460 g/mol. The molecule has 1 aliphatic carbocycles. The minimum absolute atomic E-state index is 0.0784. The molecule has 2 aliphatic heterocycles. The molecule has 0 spiro atoms. The fraction of sp³-hybridized carbons (Fsp3) is 0.273. The number of aliphatic hydroxyl groups is 3. The highest BCUT2D eigenvalue weighted by molar-refractivity contribution is 6.32. The third kappa shape index (κ3) is 3.39. The lowest BCUT2D eigenvalue weighted by Gasteiger charge is -2.39. The second kappa shape index (κ2) is 7.96. The Kier molecular flexibility index (Phi) is 5.25. The number of hydrogen-bond donors (Lipinski definition) is 3. The Labute approximate surface area is 185 Å². The molecule has 1 fully saturated rings. The van der Waals surface area contributed by atoms with E-state index in [2.05, 4.69) is 4.98 Å². The Morgan fingerprint density at radius 2 is 1.72 bits per heavy atom. The summed E-state index contributed by atoms with van der Waals surface area (Å²) in [6, 6.07) is 11.4. The molecule has 0 unspecified atom stereocenters. The van der Waals surface area contributed by atoms with Crippen LogP contribution in [-0.2, 0) is 9.47 Å². The van der Waals surface area contributed by atoms with Crippen molar-refractivity contribution in [3.63, 3.8) is 0 Å². The summed E-state index contributed by atoms with van der Waals surface area (Å²) >= 11 is 6.36. The number of nitrogens with zero attached hydrogens (tertiary/aromatic N) is 1. The Balaban J connectivity index is 1.57. The third-order valence-corrected chi connectivity index (χ3v) is 5.71. The number of aliphatic hydroxyl groups excluding tert-OH is 3. The van der Waals surface area contributed by atoms with Gasteiger partial charge in [0.05, 0.1) is 5.02 Å². The lowest BCUT2D eigenvalue weighted by molar-refractivity contribution is -0.327. The molecule has 2 aromatic rings. The molecule has 2 heterocycles. The van der Waals surface area contributed by atoms with Crippen LogP contribution in [0, 0.1) is 0 Å². The fourth-order valence-electron chi connectivity index (χ4n) is 3.75. The monoisotopic (exact) mass is 459 g/mol. The summed E-state index contributed by atoms with van der Waals surface area (Å²) in [5.74, 6) is 0.371. The van der Waals surface area contributed by atoms with Crippen molar-refractivity contribution in [3.8, 4) is 17.2 Å². The lowest BCUT2D eigenvalue weighted by atomic mass is 10.0. The molecule has 3 N–H and O–H groups in total. The zero-order valence-corrected chi connectivity index (χ0v) is 17.4. The predicted octanol–water partition coefficient (Wildman–Crippen LogP) is 1.89. The van der Waals surface area contributed by atoms with E-state index in [1.807, 2.05) is 6.07 Å². The first-order valence-electron chi connectivity index (χ1n) is 9.72. The standard InChI is InChI=1S/C22H18ClNO8/c1-29-21-19(27)18(26)20(28)22(32-21)31-14-8-15-12(6-11(14)23)24-17-10-5-3-2-4-9(10)13(25)7-16(17)30-15/h2-8,18-22,26-28H,1H3/t18-,19-,20+,21-,22+/m0/s1.